The molecule has 0 bridgehead atoms. The van der Waals surface area contributed by atoms with Gasteiger partial charge in [-0.2, -0.15) is 0 Å². The summed E-state index contributed by atoms with van der Waals surface area (Å²) in [7, 11) is 3.03. The molecule has 0 unspecified atom stereocenters. The predicted octanol–water partition coefficient (Wildman–Crippen LogP) is 1.18. The van der Waals surface area contributed by atoms with Crippen LogP contribution >= 0.6 is 15.9 Å². The molecule has 10 heavy (non-hydrogen) atoms. The van der Waals surface area contributed by atoms with Crippen molar-refractivity contribution in [2.75, 3.05) is 14.2 Å². The molecule has 0 aliphatic heterocycles. The Balaban J connectivity index is 4.09. The summed E-state index contributed by atoms with van der Waals surface area (Å²) in [6, 6.07) is 0. The van der Waals surface area contributed by atoms with Crippen molar-refractivity contribution in [1.82, 2.24) is 5.06 Å². The van der Waals surface area contributed by atoms with E-state index in [9.17, 15) is 4.79 Å². The lowest BCUT2D eigenvalue weighted by Gasteiger charge is -2.21. The van der Waals surface area contributed by atoms with Gasteiger partial charge >= 0.3 is 0 Å². The Hall–Kier alpha value is -0.0900. The standard InChI is InChI=1S/C6H12BrNO2/c1-6(2,7)5(9)8(3)10-4/h1-4H3. The van der Waals surface area contributed by atoms with E-state index in [1.807, 2.05) is 0 Å². The molecule has 1 amide bonds. The molecule has 0 aliphatic carbocycles. The molecule has 0 aromatic heterocycles. The quantitative estimate of drug-likeness (QED) is 0.506. The Morgan fingerprint density at radius 3 is 2.10 bits per heavy atom. The van der Waals surface area contributed by atoms with Crippen molar-refractivity contribution in [3.05, 3.63) is 0 Å². The van der Waals surface area contributed by atoms with Crippen molar-refractivity contribution < 1.29 is 9.63 Å². The van der Waals surface area contributed by atoms with E-state index >= 15 is 0 Å². The van der Waals surface area contributed by atoms with Crippen molar-refractivity contribution in [1.29, 1.82) is 0 Å². The molecule has 3 nitrogen and oxygen atoms in total. The molecule has 0 spiro atoms. The summed E-state index contributed by atoms with van der Waals surface area (Å²) < 4.78 is -0.544. The van der Waals surface area contributed by atoms with Gasteiger partial charge < -0.3 is 0 Å². The summed E-state index contributed by atoms with van der Waals surface area (Å²) in [4.78, 5) is 15.8. The van der Waals surface area contributed by atoms with Gasteiger partial charge in [0.2, 0.25) is 0 Å². The van der Waals surface area contributed by atoms with Crippen LogP contribution in [0.25, 0.3) is 0 Å². The first-order valence-corrected chi connectivity index (χ1v) is 3.70. The monoisotopic (exact) mass is 209 g/mol. The Bertz CT molecular complexity index is 130. The molecule has 0 saturated carbocycles. The predicted molar refractivity (Wildman–Crippen MR) is 42.8 cm³/mol. The highest BCUT2D eigenvalue weighted by molar-refractivity contribution is 9.10. The lowest BCUT2D eigenvalue weighted by molar-refractivity contribution is -0.170. The first-order valence-electron chi connectivity index (χ1n) is 2.90. The van der Waals surface area contributed by atoms with Gasteiger partial charge in [-0.3, -0.25) is 9.63 Å². The highest BCUT2D eigenvalue weighted by atomic mass is 79.9. The third-order valence-electron chi connectivity index (χ3n) is 1.07. The van der Waals surface area contributed by atoms with Crippen molar-refractivity contribution in [3.63, 3.8) is 0 Å². The van der Waals surface area contributed by atoms with E-state index < -0.39 is 4.32 Å². The average molecular weight is 210 g/mol. The molecule has 0 N–H and O–H groups in total. The van der Waals surface area contributed by atoms with Crippen LogP contribution in [0.15, 0.2) is 0 Å². The number of hydrogen-bond acceptors (Lipinski definition) is 2. The molecule has 4 heteroatoms. The Labute approximate surface area is 69.4 Å². The van der Waals surface area contributed by atoms with E-state index in [1.165, 1.54) is 12.2 Å². The molecule has 0 fully saturated rings. The maximum absolute atomic E-state index is 11.1. The summed E-state index contributed by atoms with van der Waals surface area (Å²) in [6.07, 6.45) is 0. The van der Waals surface area contributed by atoms with Gasteiger partial charge in [-0.15, -0.1) is 0 Å². The maximum atomic E-state index is 11.1. The van der Waals surface area contributed by atoms with Crippen LogP contribution in [0.4, 0.5) is 0 Å². The number of halogens is 1. The van der Waals surface area contributed by atoms with Crippen LogP contribution in [0.5, 0.6) is 0 Å². The molecular formula is C6H12BrNO2. The summed E-state index contributed by atoms with van der Waals surface area (Å²) in [5.74, 6) is -0.102. The lowest BCUT2D eigenvalue weighted by Crippen LogP contribution is -2.38. The van der Waals surface area contributed by atoms with Gasteiger partial charge in [-0.25, -0.2) is 5.06 Å². The molecule has 0 radical (unpaired) electrons. The molecule has 0 aromatic carbocycles. The number of nitrogens with zero attached hydrogens (tertiary/aromatic N) is 1. The molecule has 60 valence electrons. The number of carbonyl (C=O) groups is 1. The van der Waals surface area contributed by atoms with Crippen LogP contribution in [-0.2, 0) is 9.63 Å². The zero-order chi connectivity index (χ0) is 8.36. The van der Waals surface area contributed by atoms with Gasteiger partial charge in [0.1, 0.15) is 4.32 Å². The minimum atomic E-state index is -0.544. The van der Waals surface area contributed by atoms with E-state index in [2.05, 4.69) is 15.9 Å². The van der Waals surface area contributed by atoms with Crippen molar-refractivity contribution in [2.45, 2.75) is 18.2 Å². The molecule has 0 aliphatic rings. The minimum Gasteiger partial charge on any atom is -0.275 e. The number of rotatable bonds is 2. The van der Waals surface area contributed by atoms with Crippen LogP contribution in [0.1, 0.15) is 13.8 Å². The molecule has 0 saturated heterocycles. The largest absolute Gasteiger partial charge is 0.275 e. The summed E-state index contributed by atoms with van der Waals surface area (Å²) in [5, 5.41) is 1.19. The lowest BCUT2D eigenvalue weighted by atomic mass is 10.2. The molecule has 0 heterocycles. The molecule has 0 rings (SSSR count). The minimum absolute atomic E-state index is 0.102. The normalized spacial score (nSPS) is 11.3. The fraction of sp³-hybridized carbons (Fsp3) is 0.833. The van der Waals surface area contributed by atoms with Gasteiger partial charge in [0, 0.05) is 7.05 Å². The summed E-state index contributed by atoms with van der Waals surface area (Å²) in [6.45, 7) is 3.54. The highest BCUT2D eigenvalue weighted by Gasteiger charge is 2.27. The zero-order valence-corrected chi connectivity index (χ0v) is 8.23. The van der Waals surface area contributed by atoms with Gasteiger partial charge in [0.05, 0.1) is 7.11 Å². The highest BCUT2D eigenvalue weighted by Crippen LogP contribution is 2.18. The first kappa shape index (κ1) is 9.91. The number of carbonyl (C=O) groups excluding carboxylic acids is 1. The maximum Gasteiger partial charge on any atom is 0.262 e. The second-order valence-corrected chi connectivity index (χ2v) is 4.44. The van der Waals surface area contributed by atoms with E-state index in [0.29, 0.717) is 0 Å². The van der Waals surface area contributed by atoms with E-state index in [1.54, 1.807) is 20.9 Å². The second kappa shape index (κ2) is 3.34. The first-order chi connectivity index (χ1) is 4.39. The van der Waals surface area contributed by atoms with Crippen molar-refractivity contribution in [3.8, 4) is 0 Å². The van der Waals surface area contributed by atoms with Crippen LogP contribution < -0.4 is 0 Å². The average Bonchev–Trinajstić information content (AvgIpc) is 1.83. The van der Waals surface area contributed by atoms with Gasteiger partial charge in [0.25, 0.3) is 5.91 Å². The fourth-order valence-electron chi connectivity index (χ4n) is 0.457. The smallest absolute Gasteiger partial charge is 0.262 e. The molecule has 0 atom stereocenters. The second-order valence-electron chi connectivity index (χ2n) is 2.46. The van der Waals surface area contributed by atoms with Gasteiger partial charge in [0.15, 0.2) is 0 Å². The van der Waals surface area contributed by atoms with Gasteiger partial charge in [-0.1, -0.05) is 15.9 Å². The third kappa shape index (κ3) is 2.66. The number of hydrogen-bond donors (Lipinski definition) is 0. The fourth-order valence-corrected chi connectivity index (χ4v) is 0.707. The number of amides is 1. The molecule has 0 aromatic rings. The SMILES string of the molecule is CON(C)C(=O)C(C)(C)Br. The van der Waals surface area contributed by atoms with Crippen LogP contribution in [0.2, 0.25) is 0 Å². The van der Waals surface area contributed by atoms with Gasteiger partial charge in [-0.05, 0) is 13.8 Å². The van der Waals surface area contributed by atoms with Crippen molar-refractivity contribution in [2.24, 2.45) is 0 Å². The van der Waals surface area contributed by atoms with E-state index in [4.69, 9.17) is 4.84 Å². The van der Waals surface area contributed by atoms with E-state index in [-0.39, 0.29) is 5.91 Å². The van der Waals surface area contributed by atoms with E-state index in [0.717, 1.165) is 0 Å². The Kier molecular flexibility index (Phi) is 3.31. The van der Waals surface area contributed by atoms with Crippen molar-refractivity contribution >= 4 is 21.8 Å². The number of alkyl halides is 1. The Morgan fingerprint density at radius 2 is 2.00 bits per heavy atom. The summed E-state index contributed by atoms with van der Waals surface area (Å²) in [5.41, 5.74) is 0. The third-order valence-corrected chi connectivity index (χ3v) is 1.41. The van der Waals surface area contributed by atoms with Crippen LogP contribution in [-0.4, -0.2) is 29.5 Å². The number of hydroxylamine groups is 2. The van der Waals surface area contributed by atoms with Crippen LogP contribution in [0, 0.1) is 0 Å². The van der Waals surface area contributed by atoms with Crippen LogP contribution in [0.3, 0.4) is 0 Å². The summed E-state index contributed by atoms with van der Waals surface area (Å²) >= 11 is 3.21. The topological polar surface area (TPSA) is 29.5 Å². The molecular weight excluding hydrogens is 198 g/mol. The zero-order valence-electron chi connectivity index (χ0n) is 6.64. The Morgan fingerprint density at radius 1 is 1.60 bits per heavy atom.